The highest BCUT2D eigenvalue weighted by atomic mass is 15.0. The van der Waals surface area contributed by atoms with Crippen molar-refractivity contribution < 1.29 is 0 Å². The second kappa shape index (κ2) is 3.87. The molecule has 2 aromatic heterocycles. The summed E-state index contributed by atoms with van der Waals surface area (Å²) in [6.45, 7) is 2.01. The lowest BCUT2D eigenvalue weighted by atomic mass is 9.93. The molecule has 0 amide bonds. The van der Waals surface area contributed by atoms with Crippen LogP contribution in [0.1, 0.15) is 24.8 Å². The van der Waals surface area contributed by atoms with E-state index in [0.29, 0.717) is 11.9 Å². The van der Waals surface area contributed by atoms with Gasteiger partial charge in [-0.05, 0) is 49.9 Å². The molecule has 0 saturated heterocycles. The molecule has 0 unspecified atom stereocenters. The maximum Gasteiger partial charge on any atom is 0.127 e. The Morgan fingerprint density at radius 3 is 2.82 bits per heavy atom. The van der Waals surface area contributed by atoms with Gasteiger partial charge in [0.15, 0.2) is 0 Å². The zero-order valence-electron chi connectivity index (χ0n) is 9.90. The van der Waals surface area contributed by atoms with Crippen LogP contribution in [0.15, 0.2) is 18.2 Å². The van der Waals surface area contributed by atoms with Gasteiger partial charge in [-0.25, -0.2) is 9.97 Å². The van der Waals surface area contributed by atoms with E-state index in [2.05, 4.69) is 15.3 Å². The molecule has 1 aliphatic rings. The highest BCUT2D eigenvalue weighted by Crippen LogP contribution is 2.24. The predicted molar refractivity (Wildman–Crippen MR) is 69.9 cm³/mol. The highest BCUT2D eigenvalue weighted by Gasteiger charge is 2.17. The summed E-state index contributed by atoms with van der Waals surface area (Å²) in [5.74, 6) is 1.49. The van der Waals surface area contributed by atoms with Crippen molar-refractivity contribution in [2.75, 3.05) is 11.1 Å². The van der Waals surface area contributed by atoms with Gasteiger partial charge in [-0.1, -0.05) is 0 Å². The molecule has 3 rings (SSSR count). The number of fused-ring (bicyclic) bond motifs is 1. The first-order chi connectivity index (χ1) is 8.22. The van der Waals surface area contributed by atoms with Gasteiger partial charge >= 0.3 is 0 Å². The normalized spacial score (nSPS) is 15.8. The molecule has 0 aromatic carbocycles. The molecule has 0 radical (unpaired) electrons. The summed E-state index contributed by atoms with van der Waals surface area (Å²) < 4.78 is 0. The van der Waals surface area contributed by atoms with E-state index in [9.17, 15) is 0 Å². The van der Waals surface area contributed by atoms with Crippen molar-refractivity contribution in [2.45, 2.75) is 32.2 Å². The molecule has 3 N–H and O–H groups in total. The van der Waals surface area contributed by atoms with Crippen LogP contribution in [0.3, 0.4) is 0 Å². The van der Waals surface area contributed by atoms with Crippen LogP contribution >= 0.6 is 0 Å². The van der Waals surface area contributed by atoms with E-state index in [1.807, 2.05) is 25.1 Å². The van der Waals surface area contributed by atoms with Crippen LogP contribution in [0.25, 0.3) is 11.0 Å². The lowest BCUT2D eigenvalue weighted by Crippen LogP contribution is -2.27. The Kier molecular flexibility index (Phi) is 2.35. The van der Waals surface area contributed by atoms with E-state index >= 15 is 0 Å². The predicted octanol–water partition coefficient (Wildman–Crippen LogP) is 2.48. The number of nitrogen functional groups attached to an aromatic ring is 1. The van der Waals surface area contributed by atoms with Gasteiger partial charge in [0.25, 0.3) is 0 Å². The molecular weight excluding hydrogens is 212 g/mol. The number of aryl methyl sites for hydroxylation is 1. The van der Waals surface area contributed by atoms with Crippen molar-refractivity contribution in [1.29, 1.82) is 0 Å². The molecule has 88 valence electrons. The summed E-state index contributed by atoms with van der Waals surface area (Å²) in [4.78, 5) is 8.89. The average Bonchev–Trinajstić information content (AvgIpc) is 2.24. The Hall–Kier alpha value is -1.84. The monoisotopic (exact) mass is 228 g/mol. The fraction of sp³-hybridized carbons (Fsp3) is 0.385. The van der Waals surface area contributed by atoms with Gasteiger partial charge in [-0.2, -0.15) is 0 Å². The molecule has 1 saturated carbocycles. The van der Waals surface area contributed by atoms with Crippen LogP contribution in [0, 0.1) is 6.92 Å². The topological polar surface area (TPSA) is 63.8 Å². The smallest absolute Gasteiger partial charge is 0.127 e. The van der Waals surface area contributed by atoms with Gasteiger partial charge in [0.05, 0.1) is 11.0 Å². The second-order valence-corrected chi connectivity index (χ2v) is 4.70. The molecule has 17 heavy (non-hydrogen) atoms. The first-order valence-electron chi connectivity index (χ1n) is 6.03. The number of hydrogen-bond donors (Lipinski definition) is 2. The van der Waals surface area contributed by atoms with Crippen molar-refractivity contribution in [3.63, 3.8) is 0 Å². The van der Waals surface area contributed by atoms with E-state index in [-0.39, 0.29) is 0 Å². The zero-order chi connectivity index (χ0) is 11.8. The van der Waals surface area contributed by atoms with Crippen molar-refractivity contribution in [2.24, 2.45) is 0 Å². The summed E-state index contributed by atoms with van der Waals surface area (Å²) in [7, 11) is 0. The largest absolute Gasteiger partial charge is 0.384 e. The summed E-state index contributed by atoms with van der Waals surface area (Å²) in [6.07, 6.45) is 3.82. The number of nitrogens with one attached hydrogen (secondary N) is 1. The van der Waals surface area contributed by atoms with E-state index in [4.69, 9.17) is 5.73 Å². The minimum atomic E-state index is 0.552. The minimum absolute atomic E-state index is 0.552. The lowest BCUT2D eigenvalue weighted by molar-refractivity contribution is 0.444. The molecule has 0 atom stereocenters. The number of rotatable bonds is 2. The van der Waals surface area contributed by atoms with Crippen molar-refractivity contribution in [3.8, 4) is 0 Å². The molecule has 2 heterocycles. The summed E-state index contributed by atoms with van der Waals surface area (Å²) in [6, 6.07) is 6.42. The van der Waals surface area contributed by atoms with Gasteiger partial charge in [0.2, 0.25) is 0 Å². The Bertz CT molecular complexity index is 561. The second-order valence-electron chi connectivity index (χ2n) is 4.70. The van der Waals surface area contributed by atoms with Gasteiger partial charge in [-0.15, -0.1) is 0 Å². The third kappa shape index (κ3) is 1.90. The molecule has 0 aliphatic heterocycles. The summed E-state index contributed by atoms with van der Waals surface area (Å²) >= 11 is 0. The number of hydrogen-bond acceptors (Lipinski definition) is 4. The molecule has 1 fully saturated rings. The van der Waals surface area contributed by atoms with E-state index < -0.39 is 0 Å². The van der Waals surface area contributed by atoms with Gasteiger partial charge in [-0.3, -0.25) is 0 Å². The third-order valence-electron chi connectivity index (χ3n) is 3.32. The quantitative estimate of drug-likeness (QED) is 0.828. The summed E-state index contributed by atoms with van der Waals surface area (Å²) in [5, 5.41) is 3.44. The van der Waals surface area contributed by atoms with E-state index in [1.165, 1.54) is 19.3 Å². The Morgan fingerprint density at radius 1 is 1.29 bits per heavy atom. The van der Waals surface area contributed by atoms with Crippen LogP contribution in [0.5, 0.6) is 0 Å². The number of pyridine rings is 2. The van der Waals surface area contributed by atoms with Crippen LogP contribution in [-0.2, 0) is 0 Å². The number of nitrogens with zero attached hydrogens (tertiary/aromatic N) is 2. The molecule has 4 heteroatoms. The average molecular weight is 228 g/mol. The first-order valence-corrected chi connectivity index (χ1v) is 6.03. The standard InChI is InChI=1S/C13H16N4/c1-8-7-11(14)16-10-5-6-12(17-13(8)10)15-9-3-2-4-9/h5-7,9H,2-4H2,1H3,(H2,14,16)(H,15,17). The number of anilines is 2. The van der Waals surface area contributed by atoms with Crippen LogP contribution in [-0.4, -0.2) is 16.0 Å². The highest BCUT2D eigenvalue weighted by molar-refractivity contribution is 5.81. The van der Waals surface area contributed by atoms with Gasteiger partial charge in [0.1, 0.15) is 11.6 Å². The molecule has 4 nitrogen and oxygen atoms in total. The molecule has 2 aromatic rings. The number of aromatic nitrogens is 2. The third-order valence-corrected chi connectivity index (χ3v) is 3.32. The zero-order valence-corrected chi connectivity index (χ0v) is 9.90. The van der Waals surface area contributed by atoms with Crippen LogP contribution < -0.4 is 11.1 Å². The van der Waals surface area contributed by atoms with Crippen LogP contribution in [0.2, 0.25) is 0 Å². The van der Waals surface area contributed by atoms with Gasteiger partial charge in [0, 0.05) is 6.04 Å². The molecule has 1 aliphatic carbocycles. The lowest BCUT2D eigenvalue weighted by Gasteiger charge is -2.27. The SMILES string of the molecule is Cc1cc(N)nc2ccc(NC3CCC3)nc12. The Labute approximate surface area is 100 Å². The summed E-state index contributed by atoms with van der Waals surface area (Å²) in [5.41, 5.74) is 8.59. The maximum absolute atomic E-state index is 5.72. The fourth-order valence-electron chi connectivity index (χ4n) is 2.14. The van der Waals surface area contributed by atoms with Crippen LogP contribution in [0.4, 0.5) is 11.6 Å². The molecular formula is C13H16N4. The first kappa shape index (κ1) is 10.3. The van der Waals surface area contributed by atoms with Gasteiger partial charge < -0.3 is 11.1 Å². The van der Waals surface area contributed by atoms with Crippen molar-refractivity contribution >= 4 is 22.7 Å². The maximum atomic E-state index is 5.72. The minimum Gasteiger partial charge on any atom is -0.384 e. The fourth-order valence-corrected chi connectivity index (χ4v) is 2.14. The Balaban J connectivity index is 1.99. The number of nitrogens with two attached hydrogens (primary N) is 1. The molecule has 0 spiro atoms. The van der Waals surface area contributed by atoms with Crippen molar-refractivity contribution in [1.82, 2.24) is 9.97 Å². The van der Waals surface area contributed by atoms with E-state index in [0.717, 1.165) is 22.4 Å². The Morgan fingerprint density at radius 2 is 2.12 bits per heavy atom. The van der Waals surface area contributed by atoms with E-state index in [1.54, 1.807) is 0 Å². The van der Waals surface area contributed by atoms with Crippen molar-refractivity contribution in [3.05, 3.63) is 23.8 Å². The molecule has 0 bridgehead atoms.